The Morgan fingerprint density at radius 3 is 2.61 bits per heavy atom. The average Bonchev–Trinajstić information content (AvgIpc) is 2.73. The molecule has 0 fully saturated rings. The second-order valence-electron chi connectivity index (χ2n) is 6.58. The Morgan fingerprint density at radius 2 is 1.79 bits per heavy atom. The van der Waals surface area contributed by atoms with Crippen LogP contribution in [0, 0.1) is 0 Å². The van der Waals surface area contributed by atoms with Crippen LogP contribution in [0.5, 0.6) is 17.2 Å². The second kappa shape index (κ2) is 5.94. The predicted molar refractivity (Wildman–Crippen MR) is 100 cm³/mol. The average molecular weight is 374 g/mol. The Bertz CT molecular complexity index is 1170. The molecule has 1 atom stereocenters. The number of carbonyl (C=O) groups is 2. The van der Waals surface area contributed by atoms with E-state index in [4.69, 9.17) is 14.2 Å². The molecule has 6 heteroatoms. The van der Waals surface area contributed by atoms with Crippen LogP contribution in [0.2, 0.25) is 0 Å². The van der Waals surface area contributed by atoms with E-state index < -0.39 is 11.8 Å². The van der Waals surface area contributed by atoms with Crippen molar-refractivity contribution in [3.63, 3.8) is 0 Å². The molecular formula is C22H16NO5+. The molecule has 0 bridgehead atoms. The molecule has 0 saturated carbocycles. The van der Waals surface area contributed by atoms with E-state index in [1.54, 1.807) is 24.3 Å². The summed E-state index contributed by atoms with van der Waals surface area (Å²) in [5.41, 5.74) is 4.74. The standard InChI is InChI=1S/C22H15NO5/c23-12-20(25)26-17-8-9-19-21-14(17)5-3-7-18(21)27-22(28-19)11-10-16(24)13-4-1-2-6-15(13)22/h1-11H,12,23H2/p+1. The van der Waals surface area contributed by atoms with E-state index in [-0.39, 0.29) is 12.3 Å². The van der Waals surface area contributed by atoms with Crippen LogP contribution < -0.4 is 19.9 Å². The lowest BCUT2D eigenvalue weighted by Gasteiger charge is -2.39. The fourth-order valence-electron chi connectivity index (χ4n) is 3.64. The van der Waals surface area contributed by atoms with Gasteiger partial charge in [-0.3, -0.25) is 4.79 Å². The van der Waals surface area contributed by atoms with Crippen molar-refractivity contribution in [2.45, 2.75) is 5.79 Å². The summed E-state index contributed by atoms with van der Waals surface area (Å²) in [7, 11) is 0. The van der Waals surface area contributed by atoms with Gasteiger partial charge in [-0.05, 0) is 24.3 Å². The molecule has 3 N–H and O–H groups in total. The molecule has 0 saturated heterocycles. The van der Waals surface area contributed by atoms with Gasteiger partial charge in [0.15, 0.2) is 12.3 Å². The van der Waals surface area contributed by atoms with Crippen LogP contribution in [0.15, 0.2) is 66.7 Å². The molecule has 5 rings (SSSR count). The minimum atomic E-state index is -1.22. The summed E-state index contributed by atoms with van der Waals surface area (Å²) in [5, 5.41) is 1.42. The van der Waals surface area contributed by atoms with Gasteiger partial charge < -0.3 is 19.9 Å². The van der Waals surface area contributed by atoms with Gasteiger partial charge in [0.2, 0.25) is 0 Å². The zero-order valence-electron chi connectivity index (χ0n) is 14.8. The van der Waals surface area contributed by atoms with Gasteiger partial charge >= 0.3 is 5.97 Å². The van der Waals surface area contributed by atoms with E-state index in [1.807, 2.05) is 36.4 Å². The number of hydrogen-bond donors (Lipinski definition) is 1. The lowest BCUT2D eigenvalue weighted by Crippen LogP contribution is -2.55. The Hall–Kier alpha value is -3.64. The highest BCUT2D eigenvalue weighted by Gasteiger charge is 2.44. The van der Waals surface area contributed by atoms with Crippen molar-refractivity contribution in [3.05, 3.63) is 77.9 Å². The molecule has 0 radical (unpaired) electrons. The van der Waals surface area contributed by atoms with Gasteiger partial charge in [-0.1, -0.05) is 36.4 Å². The second-order valence-corrected chi connectivity index (χ2v) is 6.58. The van der Waals surface area contributed by atoms with Crippen LogP contribution in [0.25, 0.3) is 10.8 Å². The molecule has 138 valence electrons. The minimum absolute atomic E-state index is 0.0364. The first-order chi connectivity index (χ1) is 13.6. The lowest BCUT2D eigenvalue weighted by molar-refractivity contribution is -0.358. The third kappa shape index (κ3) is 2.32. The summed E-state index contributed by atoms with van der Waals surface area (Å²) in [6.07, 6.45) is 3.11. The van der Waals surface area contributed by atoms with Crippen LogP contribution in [-0.2, 0) is 10.6 Å². The van der Waals surface area contributed by atoms with Gasteiger partial charge in [0.25, 0.3) is 5.79 Å². The highest BCUT2D eigenvalue weighted by molar-refractivity contribution is 6.07. The molecule has 1 heterocycles. The number of quaternary nitrogens is 1. The number of rotatable bonds is 2. The Morgan fingerprint density at radius 1 is 1.00 bits per heavy atom. The molecule has 1 spiro atoms. The van der Waals surface area contributed by atoms with Gasteiger partial charge in [0, 0.05) is 17.0 Å². The molecule has 3 aromatic rings. The summed E-state index contributed by atoms with van der Waals surface area (Å²) in [6, 6.07) is 16.2. The van der Waals surface area contributed by atoms with E-state index in [0.29, 0.717) is 39.1 Å². The van der Waals surface area contributed by atoms with Crippen LogP contribution in [0.4, 0.5) is 0 Å². The van der Waals surface area contributed by atoms with Crippen LogP contribution in [0.1, 0.15) is 15.9 Å². The zero-order valence-corrected chi connectivity index (χ0v) is 14.8. The first-order valence-corrected chi connectivity index (χ1v) is 8.88. The summed E-state index contributed by atoms with van der Waals surface area (Å²) >= 11 is 0. The maximum atomic E-state index is 12.3. The van der Waals surface area contributed by atoms with Crippen molar-refractivity contribution in [2.24, 2.45) is 0 Å². The maximum absolute atomic E-state index is 12.3. The number of ether oxygens (including phenoxy) is 3. The smallest absolute Gasteiger partial charge is 0.366 e. The molecule has 1 aliphatic carbocycles. The van der Waals surface area contributed by atoms with Gasteiger partial charge in [0.1, 0.15) is 17.2 Å². The van der Waals surface area contributed by atoms with Crippen molar-refractivity contribution in [1.29, 1.82) is 0 Å². The predicted octanol–water partition coefficient (Wildman–Crippen LogP) is 2.36. The fraction of sp³-hybridized carbons (Fsp3) is 0.0909. The monoisotopic (exact) mass is 374 g/mol. The number of hydrogen-bond acceptors (Lipinski definition) is 5. The topological polar surface area (TPSA) is 89.5 Å². The normalized spacial score (nSPS) is 19.1. The van der Waals surface area contributed by atoms with Crippen molar-refractivity contribution >= 4 is 22.5 Å². The van der Waals surface area contributed by atoms with E-state index in [9.17, 15) is 9.59 Å². The largest absolute Gasteiger partial charge is 0.444 e. The van der Waals surface area contributed by atoms with Gasteiger partial charge in [-0.15, -0.1) is 0 Å². The highest BCUT2D eigenvalue weighted by Crippen LogP contribution is 2.49. The third-order valence-electron chi connectivity index (χ3n) is 4.90. The summed E-state index contributed by atoms with van der Waals surface area (Å²) in [6.45, 7) is 0.0364. The number of allylic oxidation sites excluding steroid dienone is 1. The Kier molecular flexibility index (Phi) is 3.50. The quantitative estimate of drug-likeness (QED) is 0.549. The SMILES string of the molecule is [NH3+]CC(=O)Oc1ccc2c3c(cccc13)OC1(C=CC(=O)c3ccccc31)O2. The van der Waals surface area contributed by atoms with Gasteiger partial charge in [0.05, 0.1) is 10.9 Å². The number of ketones is 1. The number of esters is 1. The van der Waals surface area contributed by atoms with Crippen LogP contribution in [-0.4, -0.2) is 18.3 Å². The maximum Gasteiger partial charge on any atom is 0.366 e. The molecule has 2 aliphatic rings. The molecule has 6 nitrogen and oxygen atoms in total. The van der Waals surface area contributed by atoms with Crippen molar-refractivity contribution < 1.29 is 29.5 Å². The van der Waals surface area contributed by atoms with E-state index in [2.05, 4.69) is 5.73 Å². The van der Waals surface area contributed by atoms with Crippen molar-refractivity contribution in [1.82, 2.24) is 0 Å². The number of benzene rings is 3. The van der Waals surface area contributed by atoms with Crippen molar-refractivity contribution in [3.8, 4) is 17.2 Å². The summed E-state index contributed by atoms with van der Waals surface area (Å²) < 4.78 is 18.0. The number of fused-ring (bicyclic) bond motifs is 2. The van der Waals surface area contributed by atoms with Crippen molar-refractivity contribution in [2.75, 3.05) is 6.54 Å². The fourth-order valence-corrected chi connectivity index (χ4v) is 3.64. The van der Waals surface area contributed by atoms with Gasteiger partial charge in [-0.25, -0.2) is 4.79 Å². The van der Waals surface area contributed by atoms with Crippen LogP contribution in [0.3, 0.4) is 0 Å². The first kappa shape index (κ1) is 16.5. The molecule has 28 heavy (non-hydrogen) atoms. The lowest BCUT2D eigenvalue weighted by atomic mass is 9.90. The first-order valence-electron chi connectivity index (χ1n) is 8.88. The zero-order chi connectivity index (χ0) is 19.3. The van der Waals surface area contributed by atoms with Crippen LogP contribution >= 0.6 is 0 Å². The molecule has 3 aromatic carbocycles. The van der Waals surface area contributed by atoms with E-state index in [0.717, 1.165) is 0 Å². The summed E-state index contributed by atoms with van der Waals surface area (Å²) in [4.78, 5) is 24.0. The molecular weight excluding hydrogens is 358 g/mol. The van der Waals surface area contributed by atoms with Gasteiger partial charge in [-0.2, -0.15) is 0 Å². The summed E-state index contributed by atoms with van der Waals surface area (Å²) in [5.74, 6) is -0.144. The highest BCUT2D eigenvalue weighted by atomic mass is 16.7. The molecule has 1 unspecified atom stereocenters. The van der Waals surface area contributed by atoms with E-state index >= 15 is 0 Å². The number of carbonyl (C=O) groups excluding carboxylic acids is 2. The molecule has 0 aromatic heterocycles. The minimum Gasteiger partial charge on any atom is -0.444 e. The molecule has 0 amide bonds. The third-order valence-corrected chi connectivity index (χ3v) is 4.90. The Labute approximate surface area is 160 Å². The molecule has 1 aliphatic heterocycles. The Balaban J connectivity index is 1.67. The van der Waals surface area contributed by atoms with E-state index in [1.165, 1.54) is 6.08 Å².